The van der Waals surface area contributed by atoms with Crippen LogP contribution in [0.2, 0.25) is 0 Å². The van der Waals surface area contributed by atoms with E-state index < -0.39 is 12.4 Å². The molecule has 58 valence electrons. The van der Waals surface area contributed by atoms with Gasteiger partial charge in [0.15, 0.2) is 6.29 Å². The molecule has 5 atom stereocenters. The first-order valence-electron chi connectivity index (χ1n) is 3.37. The maximum Gasteiger partial charge on any atom is 0.184 e. The molecule has 2 saturated heterocycles. The van der Waals surface area contributed by atoms with Crippen LogP contribution in [-0.2, 0) is 9.47 Å². The molecular formula is C6H10O4. The van der Waals surface area contributed by atoms with Gasteiger partial charge in [0.2, 0.25) is 0 Å². The third-order valence-electron chi connectivity index (χ3n) is 2.01. The van der Waals surface area contributed by atoms with E-state index in [1.54, 1.807) is 6.92 Å². The number of hydrogen-bond donors (Lipinski definition) is 2. The zero-order chi connectivity index (χ0) is 7.30. The minimum absolute atomic E-state index is 0.196. The number of fused-ring (bicyclic) bond motifs is 1. The highest BCUT2D eigenvalue weighted by Gasteiger charge is 2.55. The highest BCUT2D eigenvalue weighted by atomic mass is 16.7. The topological polar surface area (TPSA) is 62.2 Å². The Morgan fingerprint density at radius 2 is 1.80 bits per heavy atom. The Morgan fingerprint density at radius 3 is 2.50 bits per heavy atom. The first-order chi connectivity index (χ1) is 4.70. The van der Waals surface area contributed by atoms with Crippen LogP contribution >= 0.6 is 0 Å². The molecule has 2 N–H and O–H groups in total. The Balaban J connectivity index is 2.05. The van der Waals surface area contributed by atoms with Crippen molar-refractivity contribution in [3.05, 3.63) is 0 Å². The van der Waals surface area contributed by atoms with E-state index in [4.69, 9.17) is 14.6 Å². The largest absolute Gasteiger partial charge is 0.388 e. The third-order valence-corrected chi connectivity index (χ3v) is 2.01. The summed E-state index contributed by atoms with van der Waals surface area (Å²) in [5.74, 6) is 0. The number of epoxide rings is 1. The summed E-state index contributed by atoms with van der Waals surface area (Å²) in [5, 5.41) is 18.3. The fourth-order valence-corrected chi connectivity index (χ4v) is 1.29. The second-order valence-electron chi connectivity index (χ2n) is 2.79. The second kappa shape index (κ2) is 1.92. The average Bonchev–Trinajstić information content (AvgIpc) is 2.61. The predicted molar refractivity (Wildman–Crippen MR) is 31.2 cm³/mol. The van der Waals surface area contributed by atoms with Gasteiger partial charge in [-0.05, 0) is 6.92 Å². The van der Waals surface area contributed by atoms with Crippen molar-refractivity contribution in [2.45, 2.75) is 37.6 Å². The molecule has 2 fully saturated rings. The number of aliphatic hydroxyl groups is 2. The average molecular weight is 146 g/mol. The molecule has 0 amide bonds. The highest BCUT2D eigenvalue weighted by Crippen LogP contribution is 2.35. The van der Waals surface area contributed by atoms with Crippen LogP contribution in [0.3, 0.4) is 0 Å². The SMILES string of the molecule is C[C@H]1O[C@H](O)[C@@H]2O[C@H]2[C@@H]1O. The summed E-state index contributed by atoms with van der Waals surface area (Å²) in [6.07, 6.45) is -2.22. The normalized spacial score (nSPS) is 59.7. The summed E-state index contributed by atoms with van der Waals surface area (Å²) in [6, 6.07) is 0. The molecule has 2 rings (SSSR count). The smallest absolute Gasteiger partial charge is 0.184 e. The third kappa shape index (κ3) is 0.769. The van der Waals surface area contributed by atoms with Gasteiger partial charge in [0.05, 0.1) is 6.10 Å². The quantitative estimate of drug-likeness (QED) is 0.424. The van der Waals surface area contributed by atoms with Crippen molar-refractivity contribution in [2.24, 2.45) is 0 Å². The second-order valence-corrected chi connectivity index (χ2v) is 2.79. The van der Waals surface area contributed by atoms with E-state index in [2.05, 4.69) is 0 Å². The summed E-state index contributed by atoms with van der Waals surface area (Å²) in [4.78, 5) is 0. The van der Waals surface area contributed by atoms with Gasteiger partial charge in [0.1, 0.15) is 18.3 Å². The first-order valence-corrected chi connectivity index (χ1v) is 3.37. The van der Waals surface area contributed by atoms with Gasteiger partial charge < -0.3 is 19.7 Å². The van der Waals surface area contributed by atoms with Crippen molar-refractivity contribution in [1.82, 2.24) is 0 Å². The summed E-state index contributed by atoms with van der Waals surface area (Å²) in [5.41, 5.74) is 0. The molecule has 2 heterocycles. The Labute approximate surface area is 58.4 Å². The van der Waals surface area contributed by atoms with Gasteiger partial charge in [-0.1, -0.05) is 0 Å². The van der Waals surface area contributed by atoms with Crippen molar-refractivity contribution in [1.29, 1.82) is 0 Å². The van der Waals surface area contributed by atoms with E-state index >= 15 is 0 Å². The lowest BCUT2D eigenvalue weighted by Gasteiger charge is -2.24. The Morgan fingerprint density at radius 1 is 1.10 bits per heavy atom. The molecule has 10 heavy (non-hydrogen) atoms. The van der Waals surface area contributed by atoms with E-state index in [1.165, 1.54) is 0 Å². The van der Waals surface area contributed by atoms with Crippen LogP contribution in [0.1, 0.15) is 6.92 Å². The predicted octanol–water partition coefficient (Wildman–Crippen LogP) is -1.15. The van der Waals surface area contributed by atoms with Crippen molar-refractivity contribution < 1.29 is 19.7 Å². The molecule has 4 heteroatoms. The molecule has 2 aliphatic heterocycles. The maximum atomic E-state index is 9.24. The number of rotatable bonds is 0. The molecule has 0 aromatic heterocycles. The van der Waals surface area contributed by atoms with Gasteiger partial charge in [-0.3, -0.25) is 0 Å². The molecule has 0 aromatic rings. The lowest BCUT2D eigenvalue weighted by molar-refractivity contribution is -0.178. The first kappa shape index (κ1) is 6.54. The van der Waals surface area contributed by atoms with Gasteiger partial charge in [-0.25, -0.2) is 0 Å². The van der Waals surface area contributed by atoms with Gasteiger partial charge in [-0.15, -0.1) is 0 Å². The van der Waals surface area contributed by atoms with E-state index in [-0.39, 0.29) is 18.3 Å². The van der Waals surface area contributed by atoms with Crippen LogP contribution in [0.4, 0.5) is 0 Å². The Bertz CT molecular complexity index is 147. The van der Waals surface area contributed by atoms with Gasteiger partial charge in [-0.2, -0.15) is 0 Å². The van der Waals surface area contributed by atoms with Crippen LogP contribution < -0.4 is 0 Å². The van der Waals surface area contributed by atoms with Crippen molar-refractivity contribution >= 4 is 0 Å². The molecule has 4 nitrogen and oxygen atoms in total. The maximum absolute atomic E-state index is 9.24. The van der Waals surface area contributed by atoms with E-state index in [0.717, 1.165) is 0 Å². The minimum Gasteiger partial charge on any atom is -0.388 e. The van der Waals surface area contributed by atoms with Gasteiger partial charge in [0.25, 0.3) is 0 Å². The fraction of sp³-hybridized carbons (Fsp3) is 1.00. The molecule has 0 spiro atoms. The molecule has 0 aliphatic carbocycles. The van der Waals surface area contributed by atoms with Crippen molar-refractivity contribution in [3.8, 4) is 0 Å². The zero-order valence-corrected chi connectivity index (χ0v) is 5.60. The van der Waals surface area contributed by atoms with E-state index in [9.17, 15) is 5.11 Å². The van der Waals surface area contributed by atoms with Gasteiger partial charge >= 0.3 is 0 Å². The van der Waals surface area contributed by atoms with Crippen LogP contribution in [0.15, 0.2) is 0 Å². The number of aliphatic hydroxyl groups excluding tert-OH is 2. The molecule has 0 radical (unpaired) electrons. The van der Waals surface area contributed by atoms with Crippen LogP contribution in [-0.4, -0.2) is 40.9 Å². The molecule has 0 aromatic carbocycles. The van der Waals surface area contributed by atoms with Crippen LogP contribution in [0.25, 0.3) is 0 Å². The van der Waals surface area contributed by atoms with Gasteiger partial charge in [0, 0.05) is 0 Å². The van der Waals surface area contributed by atoms with Crippen LogP contribution in [0, 0.1) is 0 Å². The number of hydrogen-bond acceptors (Lipinski definition) is 4. The fourth-order valence-electron chi connectivity index (χ4n) is 1.29. The van der Waals surface area contributed by atoms with Crippen molar-refractivity contribution in [3.63, 3.8) is 0 Å². The lowest BCUT2D eigenvalue weighted by Crippen LogP contribution is -2.43. The summed E-state index contributed by atoms with van der Waals surface area (Å²) >= 11 is 0. The molecule has 0 bridgehead atoms. The highest BCUT2D eigenvalue weighted by molar-refractivity contribution is 4.98. The zero-order valence-electron chi connectivity index (χ0n) is 5.60. The molecule has 2 aliphatic rings. The van der Waals surface area contributed by atoms with E-state index in [1.807, 2.05) is 0 Å². The monoisotopic (exact) mass is 146 g/mol. The lowest BCUT2D eigenvalue weighted by atomic mass is 10.1. The minimum atomic E-state index is -0.844. The summed E-state index contributed by atoms with van der Waals surface area (Å²) in [7, 11) is 0. The molecular weight excluding hydrogens is 136 g/mol. The van der Waals surface area contributed by atoms with Crippen LogP contribution in [0.5, 0.6) is 0 Å². The summed E-state index contributed by atoms with van der Waals surface area (Å²) < 4.78 is 9.88. The standard InChI is InChI=1S/C6H10O4/c1-2-3(7)4-5(10-4)6(8)9-2/h2-8H,1H3/t2-,3-,4+,5-,6+/m1/s1. The molecule has 0 unspecified atom stereocenters. The Kier molecular flexibility index (Phi) is 1.25. The van der Waals surface area contributed by atoms with E-state index in [0.29, 0.717) is 0 Å². The number of ether oxygens (including phenoxy) is 2. The Hall–Kier alpha value is -0.160. The molecule has 0 saturated carbocycles. The van der Waals surface area contributed by atoms with Crippen molar-refractivity contribution in [2.75, 3.05) is 0 Å². The summed E-state index contributed by atoms with van der Waals surface area (Å²) in [6.45, 7) is 1.71.